The predicted molar refractivity (Wildman–Crippen MR) is 77.3 cm³/mol. The van der Waals surface area contributed by atoms with Gasteiger partial charge in [0.25, 0.3) is 0 Å². The molecule has 2 aliphatic rings. The molecule has 5 nitrogen and oxygen atoms in total. The second kappa shape index (κ2) is 6.68. The minimum atomic E-state index is 0.716. The molecule has 0 spiro atoms. The average molecular weight is 278 g/mol. The number of piperidine rings is 1. The Labute approximate surface area is 121 Å². The fourth-order valence-corrected chi connectivity index (χ4v) is 2.82. The molecule has 2 fully saturated rings. The maximum Gasteiger partial charge on any atom is 0.226 e. The Bertz CT molecular complexity index is 408. The zero-order valence-corrected chi connectivity index (χ0v) is 12.5. The van der Waals surface area contributed by atoms with Crippen molar-refractivity contribution >= 4 is 0 Å². The molecule has 1 aliphatic heterocycles. The number of nitrogens with zero attached hydrogens (tertiary/aromatic N) is 3. The zero-order chi connectivity index (χ0) is 13.8. The molecule has 0 atom stereocenters. The standard InChI is InChI=1S/C15H26N4O/c1-2-3-15-17-14(18-20-15)11-19-8-6-13(7-9-19)16-10-12-4-5-12/h12-13,16H,2-11H2,1H3. The molecular formula is C15H26N4O. The van der Waals surface area contributed by atoms with Crippen molar-refractivity contribution in [1.29, 1.82) is 0 Å². The first-order chi connectivity index (χ1) is 9.83. The van der Waals surface area contributed by atoms with Gasteiger partial charge in [-0.1, -0.05) is 12.1 Å². The Kier molecular flexibility index (Phi) is 4.68. The maximum atomic E-state index is 5.24. The van der Waals surface area contributed by atoms with E-state index in [1.807, 2.05) is 0 Å². The normalized spacial score (nSPS) is 21.4. The minimum Gasteiger partial charge on any atom is -0.339 e. The highest BCUT2D eigenvalue weighted by Gasteiger charge is 2.24. The highest BCUT2D eigenvalue weighted by Crippen LogP contribution is 2.28. The van der Waals surface area contributed by atoms with Gasteiger partial charge in [0.1, 0.15) is 0 Å². The van der Waals surface area contributed by atoms with E-state index in [0.717, 1.165) is 50.1 Å². The summed E-state index contributed by atoms with van der Waals surface area (Å²) in [5.41, 5.74) is 0. The van der Waals surface area contributed by atoms with Crippen LogP contribution in [0.25, 0.3) is 0 Å². The molecule has 0 aromatic carbocycles. The lowest BCUT2D eigenvalue weighted by Gasteiger charge is -2.31. The van der Waals surface area contributed by atoms with Gasteiger partial charge in [0, 0.05) is 25.6 Å². The number of aromatic nitrogens is 2. The first-order valence-electron chi connectivity index (χ1n) is 8.10. The molecule has 0 bridgehead atoms. The summed E-state index contributed by atoms with van der Waals surface area (Å²) in [6.45, 7) is 6.47. The van der Waals surface area contributed by atoms with Gasteiger partial charge in [-0.15, -0.1) is 0 Å². The van der Waals surface area contributed by atoms with Crippen molar-refractivity contribution < 1.29 is 4.52 Å². The van der Waals surface area contributed by atoms with E-state index >= 15 is 0 Å². The van der Waals surface area contributed by atoms with E-state index in [2.05, 4.69) is 27.3 Å². The SMILES string of the molecule is CCCc1nc(CN2CCC(NCC3CC3)CC2)no1. The van der Waals surface area contributed by atoms with Crippen molar-refractivity contribution in [3.05, 3.63) is 11.7 Å². The van der Waals surface area contributed by atoms with Crippen molar-refractivity contribution in [2.45, 2.75) is 58.0 Å². The van der Waals surface area contributed by atoms with Crippen LogP contribution in [0.4, 0.5) is 0 Å². The van der Waals surface area contributed by atoms with Crippen LogP contribution in [-0.2, 0) is 13.0 Å². The van der Waals surface area contributed by atoms with Gasteiger partial charge in [0.2, 0.25) is 5.89 Å². The van der Waals surface area contributed by atoms with Gasteiger partial charge in [-0.3, -0.25) is 4.90 Å². The monoisotopic (exact) mass is 278 g/mol. The van der Waals surface area contributed by atoms with Gasteiger partial charge in [-0.2, -0.15) is 4.98 Å². The largest absolute Gasteiger partial charge is 0.339 e. The van der Waals surface area contributed by atoms with Crippen molar-refractivity contribution in [2.75, 3.05) is 19.6 Å². The fraction of sp³-hybridized carbons (Fsp3) is 0.867. The molecule has 1 N–H and O–H groups in total. The van der Waals surface area contributed by atoms with Crippen LogP contribution in [0.15, 0.2) is 4.52 Å². The second-order valence-corrected chi connectivity index (χ2v) is 6.26. The fourth-order valence-electron chi connectivity index (χ4n) is 2.82. The summed E-state index contributed by atoms with van der Waals surface area (Å²) in [7, 11) is 0. The van der Waals surface area contributed by atoms with Crippen LogP contribution in [0.5, 0.6) is 0 Å². The molecule has 3 rings (SSSR count). The van der Waals surface area contributed by atoms with Crippen LogP contribution in [0, 0.1) is 5.92 Å². The van der Waals surface area contributed by atoms with E-state index < -0.39 is 0 Å². The second-order valence-electron chi connectivity index (χ2n) is 6.26. The summed E-state index contributed by atoms with van der Waals surface area (Å²) in [5, 5.41) is 7.78. The third-order valence-corrected chi connectivity index (χ3v) is 4.32. The van der Waals surface area contributed by atoms with Gasteiger partial charge in [0.15, 0.2) is 5.82 Å². The number of likely N-dealkylation sites (tertiary alicyclic amines) is 1. The Morgan fingerprint density at radius 3 is 2.75 bits per heavy atom. The summed E-state index contributed by atoms with van der Waals surface area (Å²) in [6, 6.07) is 0.716. The quantitative estimate of drug-likeness (QED) is 0.826. The van der Waals surface area contributed by atoms with E-state index in [0.29, 0.717) is 6.04 Å². The first kappa shape index (κ1) is 14.0. The zero-order valence-electron chi connectivity index (χ0n) is 12.5. The van der Waals surface area contributed by atoms with Crippen LogP contribution in [0.2, 0.25) is 0 Å². The topological polar surface area (TPSA) is 54.2 Å². The third kappa shape index (κ3) is 4.03. The Morgan fingerprint density at radius 1 is 1.25 bits per heavy atom. The predicted octanol–water partition coefficient (Wildman–Crippen LogP) is 1.99. The van der Waals surface area contributed by atoms with Crippen LogP contribution in [0.3, 0.4) is 0 Å². The minimum absolute atomic E-state index is 0.716. The van der Waals surface area contributed by atoms with Crippen LogP contribution in [0.1, 0.15) is 50.7 Å². The van der Waals surface area contributed by atoms with Gasteiger partial charge < -0.3 is 9.84 Å². The van der Waals surface area contributed by atoms with Gasteiger partial charge >= 0.3 is 0 Å². The molecule has 112 valence electrons. The highest BCUT2D eigenvalue weighted by atomic mass is 16.5. The number of rotatable bonds is 7. The lowest BCUT2D eigenvalue weighted by Crippen LogP contribution is -2.42. The summed E-state index contributed by atoms with van der Waals surface area (Å²) >= 11 is 0. The van der Waals surface area contributed by atoms with Crippen molar-refractivity contribution in [1.82, 2.24) is 20.4 Å². The van der Waals surface area contributed by atoms with E-state index in [-0.39, 0.29) is 0 Å². The summed E-state index contributed by atoms with van der Waals surface area (Å²) in [5.74, 6) is 2.60. The molecule has 1 saturated carbocycles. The Hall–Kier alpha value is -0.940. The van der Waals surface area contributed by atoms with Crippen molar-refractivity contribution in [3.63, 3.8) is 0 Å². The Morgan fingerprint density at radius 2 is 2.05 bits per heavy atom. The average Bonchev–Trinajstić information content (AvgIpc) is 3.19. The maximum absolute atomic E-state index is 5.24. The lowest BCUT2D eigenvalue weighted by atomic mass is 10.0. The molecule has 0 unspecified atom stereocenters. The first-order valence-corrected chi connectivity index (χ1v) is 8.10. The van der Waals surface area contributed by atoms with Gasteiger partial charge in [-0.25, -0.2) is 0 Å². The summed E-state index contributed by atoms with van der Waals surface area (Å²) < 4.78 is 5.24. The third-order valence-electron chi connectivity index (χ3n) is 4.32. The van der Waals surface area contributed by atoms with E-state index in [4.69, 9.17) is 4.52 Å². The summed E-state index contributed by atoms with van der Waals surface area (Å²) in [6.07, 6.45) is 7.30. The van der Waals surface area contributed by atoms with E-state index in [9.17, 15) is 0 Å². The molecule has 20 heavy (non-hydrogen) atoms. The van der Waals surface area contributed by atoms with Gasteiger partial charge in [0.05, 0.1) is 6.54 Å². The molecule has 0 radical (unpaired) electrons. The summed E-state index contributed by atoms with van der Waals surface area (Å²) in [4.78, 5) is 6.89. The van der Waals surface area contributed by atoms with Crippen LogP contribution >= 0.6 is 0 Å². The number of hydrogen-bond acceptors (Lipinski definition) is 5. The van der Waals surface area contributed by atoms with Crippen molar-refractivity contribution in [3.8, 4) is 0 Å². The molecule has 1 saturated heterocycles. The van der Waals surface area contributed by atoms with E-state index in [1.54, 1.807) is 0 Å². The smallest absolute Gasteiger partial charge is 0.226 e. The van der Waals surface area contributed by atoms with Crippen molar-refractivity contribution in [2.24, 2.45) is 5.92 Å². The Balaban J connectivity index is 1.38. The van der Waals surface area contributed by atoms with Crippen LogP contribution < -0.4 is 5.32 Å². The molecule has 1 aromatic heterocycles. The van der Waals surface area contributed by atoms with E-state index in [1.165, 1.54) is 32.2 Å². The lowest BCUT2D eigenvalue weighted by molar-refractivity contribution is 0.184. The molecule has 5 heteroatoms. The molecule has 1 aliphatic carbocycles. The molecule has 0 amide bonds. The molecular weight excluding hydrogens is 252 g/mol. The number of hydrogen-bond donors (Lipinski definition) is 1. The highest BCUT2D eigenvalue weighted by molar-refractivity contribution is 4.88. The molecule has 1 aromatic rings. The number of nitrogens with one attached hydrogen (secondary N) is 1. The van der Waals surface area contributed by atoms with Crippen LogP contribution in [-0.4, -0.2) is 40.7 Å². The van der Waals surface area contributed by atoms with Gasteiger partial charge in [-0.05, 0) is 44.6 Å². The number of aryl methyl sites for hydroxylation is 1. The molecule has 2 heterocycles.